The quantitative estimate of drug-likeness (QED) is 0.739. The fourth-order valence-electron chi connectivity index (χ4n) is 1.66. The van der Waals surface area contributed by atoms with Gasteiger partial charge in [0, 0.05) is 30.2 Å². The van der Waals surface area contributed by atoms with E-state index in [9.17, 15) is 4.79 Å². The molecule has 2 rings (SSSR count). The van der Waals surface area contributed by atoms with E-state index in [2.05, 4.69) is 46.7 Å². The van der Waals surface area contributed by atoms with Crippen molar-refractivity contribution in [3.05, 3.63) is 34.5 Å². The number of hydrogen-bond acceptors (Lipinski definition) is 5. The van der Waals surface area contributed by atoms with Gasteiger partial charge in [-0.2, -0.15) is 5.10 Å². The first kappa shape index (κ1) is 14.4. The lowest BCUT2D eigenvalue weighted by atomic mass is 10.2. The smallest absolute Gasteiger partial charge is 0.255 e. The maximum Gasteiger partial charge on any atom is 0.255 e. The van der Waals surface area contributed by atoms with E-state index in [1.807, 2.05) is 6.92 Å². The Kier molecular flexibility index (Phi) is 5.05. The number of carbonyl (C=O) groups is 1. The minimum absolute atomic E-state index is 0.172. The highest BCUT2D eigenvalue weighted by Crippen LogP contribution is 2.17. The molecule has 0 aliphatic rings. The Morgan fingerprint density at radius 2 is 2.30 bits per heavy atom. The lowest BCUT2D eigenvalue weighted by molar-refractivity contribution is 0.0954. The van der Waals surface area contributed by atoms with Crippen molar-refractivity contribution in [2.45, 2.75) is 13.3 Å². The van der Waals surface area contributed by atoms with Crippen molar-refractivity contribution in [3.63, 3.8) is 0 Å². The van der Waals surface area contributed by atoms with Gasteiger partial charge in [0.15, 0.2) is 0 Å². The molecular weight excluding hydrogens is 324 g/mol. The zero-order chi connectivity index (χ0) is 14.4. The van der Waals surface area contributed by atoms with E-state index in [1.54, 1.807) is 12.3 Å². The van der Waals surface area contributed by atoms with E-state index >= 15 is 0 Å². The standard InChI is InChI=1S/C12H15BrN6O/c1-2-14-11-9(5-8(13)6-16-11)12(20)15-4-3-10-17-7-18-19-10/h5-7H,2-4H2,1H3,(H,14,16)(H,15,20)(H,17,18,19). The lowest BCUT2D eigenvalue weighted by Crippen LogP contribution is -2.27. The molecule has 0 saturated carbocycles. The van der Waals surface area contributed by atoms with Gasteiger partial charge < -0.3 is 10.6 Å². The summed E-state index contributed by atoms with van der Waals surface area (Å²) >= 11 is 3.32. The second kappa shape index (κ2) is 6.99. The Morgan fingerprint density at radius 1 is 1.45 bits per heavy atom. The van der Waals surface area contributed by atoms with Crippen molar-refractivity contribution in [1.29, 1.82) is 0 Å². The molecule has 0 fully saturated rings. The van der Waals surface area contributed by atoms with Crippen LogP contribution in [0.3, 0.4) is 0 Å². The Hall–Kier alpha value is -1.96. The third kappa shape index (κ3) is 3.77. The van der Waals surface area contributed by atoms with Crippen LogP contribution < -0.4 is 10.6 Å². The normalized spacial score (nSPS) is 10.3. The Labute approximate surface area is 124 Å². The van der Waals surface area contributed by atoms with E-state index < -0.39 is 0 Å². The number of rotatable bonds is 6. The number of aromatic amines is 1. The van der Waals surface area contributed by atoms with Gasteiger partial charge in [-0.15, -0.1) is 0 Å². The summed E-state index contributed by atoms with van der Waals surface area (Å²) in [7, 11) is 0. The minimum Gasteiger partial charge on any atom is -0.370 e. The molecule has 0 spiro atoms. The molecule has 2 aromatic rings. The number of nitrogens with zero attached hydrogens (tertiary/aromatic N) is 3. The summed E-state index contributed by atoms with van der Waals surface area (Å²) in [6.45, 7) is 3.13. The molecule has 0 radical (unpaired) electrons. The monoisotopic (exact) mass is 338 g/mol. The summed E-state index contributed by atoms with van der Waals surface area (Å²) in [5.74, 6) is 1.15. The van der Waals surface area contributed by atoms with Crippen LogP contribution in [0.1, 0.15) is 23.1 Å². The highest BCUT2D eigenvalue weighted by Gasteiger charge is 2.12. The van der Waals surface area contributed by atoms with Crippen molar-refractivity contribution in [2.24, 2.45) is 0 Å². The number of pyridine rings is 1. The van der Waals surface area contributed by atoms with E-state index in [-0.39, 0.29) is 5.91 Å². The Morgan fingerprint density at radius 3 is 3.00 bits per heavy atom. The molecule has 0 atom stereocenters. The molecule has 106 valence electrons. The number of anilines is 1. The SMILES string of the molecule is CCNc1ncc(Br)cc1C(=O)NCCc1ncn[nH]1. The van der Waals surface area contributed by atoms with Gasteiger partial charge in [-0.25, -0.2) is 9.97 Å². The molecule has 2 aromatic heterocycles. The third-order valence-corrected chi connectivity index (χ3v) is 2.99. The zero-order valence-electron chi connectivity index (χ0n) is 11.0. The number of carbonyl (C=O) groups excluding carboxylic acids is 1. The van der Waals surface area contributed by atoms with Gasteiger partial charge in [0.05, 0.1) is 5.56 Å². The molecule has 7 nitrogen and oxygen atoms in total. The van der Waals surface area contributed by atoms with Gasteiger partial charge in [-0.1, -0.05) is 0 Å². The second-order valence-corrected chi connectivity index (χ2v) is 4.93. The molecule has 0 bridgehead atoms. The molecule has 0 aromatic carbocycles. The zero-order valence-corrected chi connectivity index (χ0v) is 12.6. The van der Waals surface area contributed by atoms with Gasteiger partial charge in [0.1, 0.15) is 18.0 Å². The second-order valence-electron chi connectivity index (χ2n) is 4.02. The van der Waals surface area contributed by atoms with Crippen LogP contribution in [-0.4, -0.2) is 39.2 Å². The summed E-state index contributed by atoms with van der Waals surface area (Å²) in [5.41, 5.74) is 0.513. The molecule has 0 aliphatic carbocycles. The summed E-state index contributed by atoms with van der Waals surface area (Å²) in [6, 6.07) is 1.74. The van der Waals surface area contributed by atoms with Crippen LogP contribution in [0.15, 0.2) is 23.1 Å². The summed E-state index contributed by atoms with van der Waals surface area (Å²) in [4.78, 5) is 20.4. The average Bonchev–Trinajstić information content (AvgIpc) is 2.94. The van der Waals surface area contributed by atoms with Crippen molar-refractivity contribution in [2.75, 3.05) is 18.4 Å². The van der Waals surface area contributed by atoms with Crippen LogP contribution >= 0.6 is 15.9 Å². The summed E-state index contributed by atoms with van der Waals surface area (Å²) in [5, 5.41) is 12.4. The topological polar surface area (TPSA) is 95.6 Å². The number of amides is 1. The molecule has 8 heteroatoms. The number of hydrogen-bond donors (Lipinski definition) is 3. The number of halogens is 1. The van der Waals surface area contributed by atoms with Crippen LogP contribution in [0.25, 0.3) is 0 Å². The number of nitrogens with one attached hydrogen (secondary N) is 3. The molecule has 3 N–H and O–H groups in total. The van der Waals surface area contributed by atoms with Gasteiger partial charge in [0.2, 0.25) is 0 Å². The van der Waals surface area contributed by atoms with Gasteiger partial charge >= 0.3 is 0 Å². The van der Waals surface area contributed by atoms with Crippen LogP contribution in [0.5, 0.6) is 0 Å². The molecule has 1 amide bonds. The summed E-state index contributed by atoms with van der Waals surface area (Å²) in [6.07, 6.45) is 3.70. The fraction of sp³-hybridized carbons (Fsp3) is 0.333. The largest absolute Gasteiger partial charge is 0.370 e. The molecular formula is C12H15BrN6O. The van der Waals surface area contributed by atoms with Crippen molar-refractivity contribution in [3.8, 4) is 0 Å². The van der Waals surface area contributed by atoms with Crippen molar-refractivity contribution >= 4 is 27.7 Å². The van der Waals surface area contributed by atoms with E-state index in [0.29, 0.717) is 30.9 Å². The molecule has 0 saturated heterocycles. The Bertz CT molecular complexity index is 571. The Balaban J connectivity index is 1.99. The van der Waals surface area contributed by atoms with Crippen molar-refractivity contribution in [1.82, 2.24) is 25.5 Å². The number of H-pyrrole nitrogens is 1. The van der Waals surface area contributed by atoms with Crippen LogP contribution in [0.4, 0.5) is 5.82 Å². The molecule has 0 unspecified atom stereocenters. The minimum atomic E-state index is -0.172. The predicted molar refractivity (Wildman–Crippen MR) is 78.5 cm³/mol. The van der Waals surface area contributed by atoms with Crippen molar-refractivity contribution < 1.29 is 4.79 Å². The highest BCUT2D eigenvalue weighted by atomic mass is 79.9. The van der Waals surface area contributed by atoms with Gasteiger partial charge in [-0.05, 0) is 28.9 Å². The molecule has 20 heavy (non-hydrogen) atoms. The first-order valence-electron chi connectivity index (χ1n) is 6.22. The van der Waals surface area contributed by atoms with E-state index in [4.69, 9.17) is 0 Å². The molecule has 2 heterocycles. The predicted octanol–water partition coefficient (Wildman–Crippen LogP) is 1.37. The molecule has 0 aliphatic heterocycles. The van der Waals surface area contributed by atoms with Gasteiger partial charge in [0.25, 0.3) is 5.91 Å². The first-order valence-corrected chi connectivity index (χ1v) is 7.02. The first-order chi connectivity index (χ1) is 9.70. The average molecular weight is 339 g/mol. The fourth-order valence-corrected chi connectivity index (χ4v) is 1.99. The van der Waals surface area contributed by atoms with Crippen LogP contribution in [-0.2, 0) is 6.42 Å². The van der Waals surface area contributed by atoms with E-state index in [1.165, 1.54) is 6.33 Å². The maximum atomic E-state index is 12.2. The number of aromatic nitrogens is 4. The van der Waals surface area contributed by atoms with Gasteiger partial charge in [-0.3, -0.25) is 9.89 Å². The van der Waals surface area contributed by atoms with Crippen LogP contribution in [0, 0.1) is 0 Å². The van der Waals surface area contributed by atoms with Crippen LogP contribution in [0.2, 0.25) is 0 Å². The highest BCUT2D eigenvalue weighted by molar-refractivity contribution is 9.10. The third-order valence-electron chi connectivity index (χ3n) is 2.56. The maximum absolute atomic E-state index is 12.2. The lowest BCUT2D eigenvalue weighted by Gasteiger charge is -2.10. The summed E-state index contributed by atoms with van der Waals surface area (Å²) < 4.78 is 0.763. The van der Waals surface area contributed by atoms with E-state index in [0.717, 1.165) is 10.3 Å².